The lowest BCUT2D eigenvalue weighted by Crippen LogP contribution is -2.38. The first-order chi connectivity index (χ1) is 12.6. The Morgan fingerprint density at radius 3 is 1.96 bits per heavy atom. The van der Waals surface area contributed by atoms with Crippen molar-refractivity contribution < 1.29 is 9.53 Å². The molecule has 0 saturated heterocycles. The van der Waals surface area contributed by atoms with Crippen LogP contribution in [0.25, 0.3) is 0 Å². The van der Waals surface area contributed by atoms with Crippen LogP contribution in [-0.4, -0.2) is 23.5 Å². The van der Waals surface area contributed by atoms with Gasteiger partial charge in [0.15, 0.2) is 0 Å². The molecule has 3 nitrogen and oxygen atoms in total. The van der Waals surface area contributed by atoms with Gasteiger partial charge in [-0.3, -0.25) is 9.69 Å². The van der Waals surface area contributed by atoms with E-state index in [1.165, 1.54) is 11.1 Å². The number of nitrogens with zero attached hydrogens (tertiary/aromatic N) is 1. The molecular formula is C23H29NO2. The molecule has 0 amide bonds. The molecule has 0 aliphatic heterocycles. The van der Waals surface area contributed by atoms with Crippen molar-refractivity contribution in [2.75, 3.05) is 6.61 Å². The second-order valence-electron chi connectivity index (χ2n) is 6.53. The topological polar surface area (TPSA) is 29.5 Å². The predicted octanol–water partition coefficient (Wildman–Crippen LogP) is 4.83. The fraction of sp³-hybridized carbons (Fsp3) is 0.348. The summed E-state index contributed by atoms with van der Waals surface area (Å²) in [7, 11) is 0. The fourth-order valence-electron chi connectivity index (χ4n) is 3.11. The Labute approximate surface area is 157 Å². The third kappa shape index (κ3) is 6.16. The normalized spacial score (nSPS) is 13.2. The van der Waals surface area contributed by atoms with Gasteiger partial charge in [-0.1, -0.05) is 66.7 Å². The van der Waals surface area contributed by atoms with Crippen LogP contribution in [0, 0.1) is 5.92 Å². The lowest BCUT2D eigenvalue weighted by molar-refractivity contribution is -0.144. The van der Waals surface area contributed by atoms with Gasteiger partial charge < -0.3 is 4.74 Å². The molecule has 3 heteroatoms. The van der Waals surface area contributed by atoms with Crippen LogP contribution in [-0.2, 0) is 22.6 Å². The third-order valence-corrected chi connectivity index (χ3v) is 4.66. The lowest BCUT2D eigenvalue weighted by Gasteiger charge is -2.33. The van der Waals surface area contributed by atoms with E-state index in [0.29, 0.717) is 13.0 Å². The van der Waals surface area contributed by atoms with Crippen molar-refractivity contribution in [3.63, 3.8) is 0 Å². The Hall–Kier alpha value is -2.39. The third-order valence-electron chi connectivity index (χ3n) is 4.66. The zero-order chi connectivity index (χ0) is 18.8. The van der Waals surface area contributed by atoms with Crippen molar-refractivity contribution in [1.29, 1.82) is 0 Å². The number of benzene rings is 2. The standard InChI is InChI=1S/C23H29NO2/c1-4-22(16-23(25)26-5-2)19(3)24(17-20-12-8-6-9-13-20)18-21-14-10-7-11-15-21/h4,6-15,19,22H,1,5,16-18H2,2-3H3/t19-,22-/m0/s1. The smallest absolute Gasteiger partial charge is 0.306 e. The Balaban J connectivity index is 2.17. The number of hydrogen-bond acceptors (Lipinski definition) is 3. The van der Waals surface area contributed by atoms with E-state index in [1.54, 1.807) is 0 Å². The molecular weight excluding hydrogens is 322 g/mol. The maximum Gasteiger partial charge on any atom is 0.306 e. The molecule has 2 atom stereocenters. The van der Waals surface area contributed by atoms with Gasteiger partial charge in [-0.15, -0.1) is 6.58 Å². The minimum atomic E-state index is -0.163. The Morgan fingerprint density at radius 2 is 1.54 bits per heavy atom. The SMILES string of the molecule is C=C[C@@H](CC(=O)OCC)[C@H](C)N(Cc1ccccc1)Cc1ccccc1. The van der Waals surface area contributed by atoms with Gasteiger partial charge in [0.1, 0.15) is 0 Å². The predicted molar refractivity (Wildman–Crippen MR) is 107 cm³/mol. The van der Waals surface area contributed by atoms with Gasteiger partial charge in [-0.25, -0.2) is 0 Å². The van der Waals surface area contributed by atoms with Gasteiger partial charge in [-0.2, -0.15) is 0 Å². The summed E-state index contributed by atoms with van der Waals surface area (Å²) in [5.74, 6) is -0.120. The molecule has 0 bridgehead atoms. The highest BCUT2D eigenvalue weighted by molar-refractivity contribution is 5.70. The van der Waals surface area contributed by atoms with Crippen molar-refractivity contribution in [2.45, 2.75) is 39.4 Å². The van der Waals surface area contributed by atoms with Crippen LogP contribution >= 0.6 is 0 Å². The highest BCUT2D eigenvalue weighted by Crippen LogP contribution is 2.22. The summed E-state index contributed by atoms with van der Waals surface area (Å²) in [6, 6.07) is 21.0. The molecule has 2 aromatic rings. The molecule has 0 unspecified atom stereocenters. The molecule has 0 N–H and O–H groups in total. The van der Waals surface area contributed by atoms with Gasteiger partial charge in [0.2, 0.25) is 0 Å². The van der Waals surface area contributed by atoms with Gasteiger partial charge in [0.05, 0.1) is 13.0 Å². The summed E-state index contributed by atoms with van der Waals surface area (Å²) in [5.41, 5.74) is 2.52. The van der Waals surface area contributed by atoms with Crippen molar-refractivity contribution in [3.05, 3.63) is 84.4 Å². The van der Waals surface area contributed by atoms with Crippen molar-refractivity contribution in [2.24, 2.45) is 5.92 Å². The van der Waals surface area contributed by atoms with Crippen LogP contribution in [0.5, 0.6) is 0 Å². The number of hydrogen-bond donors (Lipinski definition) is 0. The molecule has 0 fully saturated rings. The summed E-state index contributed by atoms with van der Waals surface area (Å²) in [4.78, 5) is 14.4. The monoisotopic (exact) mass is 351 g/mol. The van der Waals surface area contributed by atoms with Crippen LogP contribution in [0.4, 0.5) is 0 Å². The molecule has 0 aromatic heterocycles. The second-order valence-corrected chi connectivity index (χ2v) is 6.53. The summed E-state index contributed by atoms with van der Waals surface area (Å²) in [5, 5.41) is 0. The van der Waals surface area contributed by atoms with E-state index in [-0.39, 0.29) is 17.9 Å². The molecule has 26 heavy (non-hydrogen) atoms. The summed E-state index contributed by atoms with van der Waals surface area (Å²) < 4.78 is 5.14. The average Bonchev–Trinajstić information content (AvgIpc) is 2.67. The van der Waals surface area contributed by atoms with Crippen LogP contribution in [0.2, 0.25) is 0 Å². The first kappa shape index (κ1) is 19.9. The number of carbonyl (C=O) groups is 1. The maximum absolute atomic E-state index is 12.0. The number of ether oxygens (including phenoxy) is 1. The molecule has 0 saturated carbocycles. The van der Waals surface area contributed by atoms with E-state index in [4.69, 9.17) is 4.74 Å². The van der Waals surface area contributed by atoms with E-state index in [0.717, 1.165) is 13.1 Å². The average molecular weight is 351 g/mol. The second kappa shape index (κ2) is 10.6. The van der Waals surface area contributed by atoms with Crippen LogP contribution in [0.15, 0.2) is 73.3 Å². The molecule has 0 aliphatic carbocycles. The van der Waals surface area contributed by atoms with Gasteiger partial charge >= 0.3 is 5.97 Å². The fourth-order valence-corrected chi connectivity index (χ4v) is 3.11. The van der Waals surface area contributed by atoms with E-state index in [9.17, 15) is 4.79 Å². The van der Waals surface area contributed by atoms with E-state index in [1.807, 2.05) is 25.1 Å². The summed E-state index contributed by atoms with van der Waals surface area (Å²) in [6.45, 7) is 10.0. The van der Waals surface area contributed by atoms with Gasteiger partial charge in [-0.05, 0) is 25.0 Å². The molecule has 2 rings (SSSR count). The van der Waals surface area contributed by atoms with Crippen LogP contribution in [0.1, 0.15) is 31.4 Å². The Bertz CT molecular complexity index is 628. The van der Waals surface area contributed by atoms with E-state index in [2.05, 4.69) is 66.9 Å². The zero-order valence-corrected chi connectivity index (χ0v) is 15.8. The molecule has 138 valence electrons. The highest BCUT2D eigenvalue weighted by atomic mass is 16.5. The molecule has 0 radical (unpaired) electrons. The van der Waals surface area contributed by atoms with Crippen molar-refractivity contribution in [1.82, 2.24) is 4.90 Å². The lowest BCUT2D eigenvalue weighted by atomic mass is 9.95. The van der Waals surface area contributed by atoms with Crippen LogP contribution in [0.3, 0.4) is 0 Å². The van der Waals surface area contributed by atoms with Crippen LogP contribution < -0.4 is 0 Å². The van der Waals surface area contributed by atoms with Gasteiger partial charge in [0.25, 0.3) is 0 Å². The van der Waals surface area contributed by atoms with Gasteiger partial charge in [0, 0.05) is 25.0 Å². The number of rotatable bonds is 10. The zero-order valence-electron chi connectivity index (χ0n) is 15.8. The molecule has 0 heterocycles. The minimum absolute atomic E-state index is 0.0430. The summed E-state index contributed by atoms with van der Waals surface area (Å²) in [6.07, 6.45) is 2.24. The number of carbonyl (C=O) groups excluding carboxylic acids is 1. The molecule has 2 aromatic carbocycles. The first-order valence-corrected chi connectivity index (χ1v) is 9.24. The largest absolute Gasteiger partial charge is 0.466 e. The van der Waals surface area contributed by atoms with Crippen molar-refractivity contribution >= 4 is 5.97 Å². The van der Waals surface area contributed by atoms with E-state index >= 15 is 0 Å². The Morgan fingerprint density at radius 1 is 1.04 bits per heavy atom. The highest BCUT2D eigenvalue weighted by Gasteiger charge is 2.24. The quantitative estimate of drug-likeness (QED) is 0.453. The minimum Gasteiger partial charge on any atom is -0.466 e. The first-order valence-electron chi connectivity index (χ1n) is 9.24. The number of esters is 1. The van der Waals surface area contributed by atoms with E-state index < -0.39 is 0 Å². The maximum atomic E-state index is 12.0. The summed E-state index contributed by atoms with van der Waals surface area (Å²) >= 11 is 0. The molecule has 0 aliphatic rings. The molecule has 0 spiro atoms. The Kier molecular flexibility index (Phi) is 8.10. The van der Waals surface area contributed by atoms with Crippen molar-refractivity contribution in [3.8, 4) is 0 Å².